The van der Waals surface area contributed by atoms with Crippen LogP contribution in [-0.4, -0.2) is 93.1 Å². The summed E-state index contributed by atoms with van der Waals surface area (Å²) < 4.78 is 12.6. The van der Waals surface area contributed by atoms with Gasteiger partial charge in [-0.1, -0.05) is 13.8 Å². The molecule has 1 N–H and O–H groups in total. The molecule has 0 saturated carbocycles. The minimum atomic E-state index is -0.315. The molecule has 0 radical (unpaired) electrons. The highest BCUT2D eigenvalue weighted by molar-refractivity contribution is 5.98. The second kappa shape index (κ2) is 13.9. The fourth-order valence-corrected chi connectivity index (χ4v) is 4.43. The van der Waals surface area contributed by atoms with Crippen molar-refractivity contribution in [3.8, 4) is 5.75 Å². The van der Waals surface area contributed by atoms with Gasteiger partial charge >= 0.3 is 0 Å². The monoisotopic (exact) mass is 477 g/mol. The molecule has 0 unspecified atom stereocenters. The Balaban J connectivity index is 2.45. The molecule has 0 fully saturated rings. The highest BCUT2D eigenvalue weighted by atomic mass is 16.5. The number of aliphatic hydroxyl groups excluding tert-OH is 1. The van der Waals surface area contributed by atoms with Crippen molar-refractivity contribution in [1.29, 1.82) is 0 Å². The lowest BCUT2D eigenvalue weighted by molar-refractivity contribution is -0.0167. The molecule has 0 bridgehead atoms. The Labute approximate surface area is 207 Å². The molecule has 0 spiro atoms. The molecule has 2 rings (SSSR count). The molecule has 1 aliphatic rings. The SMILES string of the molecule is CCCN(C)C[C@H]1OCCCC[C@@H](C)Oc2ccc(N(C)C)cc2C(=O)N([C@@H](C)CO)C[C@H]1C. The van der Waals surface area contributed by atoms with Gasteiger partial charge in [0.25, 0.3) is 5.91 Å². The number of rotatable bonds is 7. The van der Waals surface area contributed by atoms with E-state index in [4.69, 9.17) is 9.47 Å². The molecule has 1 aliphatic heterocycles. The zero-order valence-electron chi connectivity index (χ0n) is 22.4. The molecule has 194 valence electrons. The summed E-state index contributed by atoms with van der Waals surface area (Å²) in [5, 5.41) is 10.0. The van der Waals surface area contributed by atoms with E-state index in [9.17, 15) is 9.90 Å². The number of amides is 1. The fraction of sp³-hybridized carbons (Fsp3) is 0.741. The number of fused-ring (bicyclic) bond motifs is 1. The lowest BCUT2D eigenvalue weighted by Crippen LogP contribution is -2.47. The summed E-state index contributed by atoms with van der Waals surface area (Å²) in [5.74, 6) is 0.607. The van der Waals surface area contributed by atoms with Crippen molar-refractivity contribution < 1.29 is 19.4 Å². The van der Waals surface area contributed by atoms with Crippen molar-refractivity contribution in [2.45, 2.75) is 71.6 Å². The molecular weight excluding hydrogens is 430 g/mol. The predicted molar refractivity (Wildman–Crippen MR) is 139 cm³/mol. The first-order chi connectivity index (χ1) is 16.2. The number of anilines is 1. The van der Waals surface area contributed by atoms with Crippen LogP contribution in [0.3, 0.4) is 0 Å². The Hall–Kier alpha value is -1.83. The standard InChI is InChI=1S/C27H47N3O4/c1-8-14-29(7)18-26-20(2)17-30(21(3)19-31)27(32)24-16-23(28(5)6)12-13-25(24)34-22(4)11-9-10-15-33-26/h12-13,16,20-22,26,31H,8-11,14-15,17-19H2,1-7H3/t20-,21+,22-,26-/m1/s1. The van der Waals surface area contributed by atoms with Crippen LogP contribution in [0.2, 0.25) is 0 Å². The van der Waals surface area contributed by atoms with Gasteiger partial charge in [0, 0.05) is 45.4 Å². The highest BCUT2D eigenvalue weighted by Gasteiger charge is 2.30. The lowest BCUT2D eigenvalue weighted by Gasteiger charge is -2.36. The van der Waals surface area contributed by atoms with Crippen LogP contribution in [0, 0.1) is 5.92 Å². The van der Waals surface area contributed by atoms with E-state index in [1.165, 1.54) is 0 Å². The van der Waals surface area contributed by atoms with Crippen LogP contribution in [0.5, 0.6) is 5.75 Å². The van der Waals surface area contributed by atoms with Crippen LogP contribution in [0.15, 0.2) is 18.2 Å². The number of benzene rings is 1. The Morgan fingerprint density at radius 1 is 1.21 bits per heavy atom. The number of likely N-dealkylation sites (N-methyl/N-ethyl adjacent to an activating group) is 1. The molecule has 34 heavy (non-hydrogen) atoms. The molecule has 0 saturated heterocycles. The van der Waals surface area contributed by atoms with E-state index in [0.717, 1.165) is 44.5 Å². The molecule has 0 aliphatic carbocycles. The summed E-state index contributed by atoms with van der Waals surface area (Å²) in [5.41, 5.74) is 1.49. The minimum Gasteiger partial charge on any atom is -0.490 e. The quantitative estimate of drug-likeness (QED) is 0.643. The molecular formula is C27H47N3O4. The number of carbonyl (C=O) groups is 1. The largest absolute Gasteiger partial charge is 0.490 e. The summed E-state index contributed by atoms with van der Waals surface area (Å²) >= 11 is 0. The molecule has 1 heterocycles. The maximum absolute atomic E-state index is 13.9. The third-order valence-corrected chi connectivity index (χ3v) is 6.65. The Morgan fingerprint density at radius 2 is 1.94 bits per heavy atom. The van der Waals surface area contributed by atoms with E-state index in [1.807, 2.05) is 44.1 Å². The average molecular weight is 478 g/mol. The smallest absolute Gasteiger partial charge is 0.258 e. The minimum absolute atomic E-state index is 0.00572. The van der Waals surface area contributed by atoms with Gasteiger partial charge in [-0.2, -0.15) is 0 Å². The van der Waals surface area contributed by atoms with Gasteiger partial charge in [0.1, 0.15) is 5.75 Å². The van der Waals surface area contributed by atoms with E-state index in [0.29, 0.717) is 24.5 Å². The Bertz CT molecular complexity index is 757. The summed E-state index contributed by atoms with van der Waals surface area (Å²) in [4.78, 5) is 20.0. The highest BCUT2D eigenvalue weighted by Crippen LogP contribution is 2.29. The van der Waals surface area contributed by atoms with Gasteiger partial charge in [0.2, 0.25) is 0 Å². The van der Waals surface area contributed by atoms with Crippen LogP contribution >= 0.6 is 0 Å². The van der Waals surface area contributed by atoms with Crippen LogP contribution in [0.25, 0.3) is 0 Å². The van der Waals surface area contributed by atoms with Gasteiger partial charge in [-0.25, -0.2) is 0 Å². The van der Waals surface area contributed by atoms with Crippen molar-refractivity contribution in [2.75, 3.05) is 58.9 Å². The van der Waals surface area contributed by atoms with Crippen molar-refractivity contribution in [3.05, 3.63) is 23.8 Å². The number of ether oxygens (including phenoxy) is 2. The maximum atomic E-state index is 13.9. The van der Waals surface area contributed by atoms with Crippen LogP contribution in [-0.2, 0) is 4.74 Å². The molecule has 7 nitrogen and oxygen atoms in total. The molecule has 1 aromatic carbocycles. The van der Waals surface area contributed by atoms with Gasteiger partial charge in [0.15, 0.2) is 0 Å². The zero-order chi connectivity index (χ0) is 25.3. The first-order valence-corrected chi connectivity index (χ1v) is 12.9. The predicted octanol–water partition coefficient (Wildman–Crippen LogP) is 3.89. The number of aliphatic hydroxyl groups is 1. The first kappa shape index (κ1) is 28.4. The fourth-order valence-electron chi connectivity index (χ4n) is 4.43. The summed E-state index contributed by atoms with van der Waals surface area (Å²) in [7, 11) is 6.05. The molecule has 7 heteroatoms. The van der Waals surface area contributed by atoms with Crippen molar-refractivity contribution in [2.24, 2.45) is 5.92 Å². The van der Waals surface area contributed by atoms with Crippen LogP contribution in [0.4, 0.5) is 5.69 Å². The molecule has 0 aromatic heterocycles. The van der Waals surface area contributed by atoms with Crippen LogP contribution in [0.1, 0.15) is 63.7 Å². The van der Waals surface area contributed by atoms with Crippen molar-refractivity contribution in [3.63, 3.8) is 0 Å². The molecule has 4 atom stereocenters. The summed E-state index contributed by atoms with van der Waals surface area (Å²) in [6.45, 7) is 11.2. The molecule has 1 amide bonds. The normalized spacial score (nSPS) is 23.7. The number of carbonyl (C=O) groups excluding carboxylic acids is 1. The third kappa shape index (κ3) is 8.14. The summed E-state index contributed by atoms with van der Waals surface area (Å²) in [6, 6.07) is 5.48. The van der Waals surface area contributed by atoms with E-state index < -0.39 is 0 Å². The number of hydrogen-bond donors (Lipinski definition) is 1. The van der Waals surface area contributed by atoms with E-state index >= 15 is 0 Å². The van der Waals surface area contributed by atoms with Crippen molar-refractivity contribution >= 4 is 11.6 Å². The van der Waals surface area contributed by atoms with E-state index in [-0.39, 0.29) is 36.7 Å². The third-order valence-electron chi connectivity index (χ3n) is 6.65. The Kier molecular flexibility index (Phi) is 11.6. The summed E-state index contributed by atoms with van der Waals surface area (Å²) in [6.07, 6.45) is 4.00. The second-order valence-corrected chi connectivity index (χ2v) is 10.1. The van der Waals surface area contributed by atoms with Gasteiger partial charge in [0.05, 0.1) is 30.4 Å². The zero-order valence-corrected chi connectivity index (χ0v) is 22.4. The van der Waals surface area contributed by atoms with Gasteiger partial charge in [-0.05, 0) is 71.3 Å². The van der Waals surface area contributed by atoms with Gasteiger partial charge in [-0.3, -0.25) is 4.79 Å². The first-order valence-electron chi connectivity index (χ1n) is 12.9. The Morgan fingerprint density at radius 3 is 2.59 bits per heavy atom. The second-order valence-electron chi connectivity index (χ2n) is 10.1. The van der Waals surface area contributed by atoms with E-state index in [1.54, 1.807) is 4.90 Å². The van der Waals surface area contributed by atoms with Crippen molar-refractivity contribution in [1.82, 2.24) is 9.80 Å². The number of nitrogens with zero attached hydrogens (tertiary/aromatic N) is 3. The van der Waals surface area contributed by atoms with Gasteiger partial charge < -0.3 is 29.3 Å². The van der Waals surface area contributed by atoms with E-state index in [2.05, 4.69) is 32.7 Å². The molecule has 1 aromatic rings. The number of hydrogen-bond acceptors (Lipinski definition) is 6. The topological polar surface area (TPSA) is 65.5 Å². The lowest BCUT2D eigenvalue weighted by atomic mass is 10.0. The van der Waals surface area contributed by atoms with Gasteiger partial charge in [-0.15, -0.1) is 0 Å². The van der Waals surface area contributed by atoms with Crippen LogP contribution < -0.4 is 9.64 Å². The maximum Gasteiger partial charge on any atom is 0.258 e. The average Bonchev–Trinajstić information content (AvgIpc) is 2.80.